The third-order valence-corrected chi connectivity index (χ3v) is 4.37. The molecule has 1 heterocycles. The molecule has 5 nitrogen and oxygen atoms in total. The highest BCUT2D eigenvalue weighted by Crippen LogP contribution is 2.20. The summed E-state index contributed by atoms with van der Waals surface area (Å²) in [4.78, 5) is 28.0. The number of nitrogens with zero attached hydrogens (tertiary/aromatic N) is 2. The van der Waals surface area contributed by atoms with Crippen LogP contribution in [0.2, 0.25) is 0 Å². The van der Waals surface area contributed by atoms with Crippen LogP contribution in [-0.2, 0) is 9.59 Å². The minimum Gasteiger partial charge on any atom is -0.343 e. The molecule has 1 rings (SSSR count). The van der Waals surface area contributed by atoms with Gasteiger partial charge in [0.25, 0.3) is 0 Å². The van der Waals surface area contributed by atoms with Crippen molar-refractivity contribution in [2.45, 2.75) is 71.4 Å². The zero-order chi connectivity index (χ0) is 15.8. The number of piperidine rings is 1. The first-order valence-electron chi connectivity index (χ1n) is 8.34. The highest BCUT2D eigenvalue weighted by Gasteiger charge is 2.28. The Morgan fingerprint density at radius 3 is 2.41 bits per heavy atom. The van der Waals surface area contributed by atoms with Crippen LogP contribution in [0.15, 0.2) is 0 Å². The molecule has 1 aliphatic rings. The predicted molar refractivity (Wildman–Crippen MR) is 92.0 cm³/mol. The average Bonchev–Trinajstić information content (AvgIpc) is 2.48. The second-order valence-corrected chi connectivity index (χ2v) is 5.93. The Balaban J connectivity index is 0.00000441. The van der Waals surface area contributed by atoms with Gasteiger partial charge in [0, 0.05) is 44.6 Å². The minimum atomic E-state index is 0. The van der Waals surface area contributed by atoms with Crippen LogP contribution < -0.4 is 5.73 Å². The smallest absolute Gasteiger partial charge is 0.222 e. The summed E-state index contributed by atoms with van der Waals surface area (Å²) in [5.41, 5.74) is 5.99. The lowest BCUT2D eigenvalue weighted by Gasteiger charge is -2.38. The van der Waals surface area contributed by atoms with Crippen molar-refractivity contribution in [3.05, 3.63) is 0 Å². The largest absolute Gasteiger partial charge is 0.343 e. The van der Waals surface area contributed by atoms with E-state index in [0.29, 0.717) is 19.3 Å². The zero-order valence-electron chi connectivity index (χ0n) is 14.2. The number of halogens is 1. The van der Waals surface area contributed by atoms with Gasteiger partial charge >= 0.3 is 0 Å². The molecule has 0 radical (unpaired) electrons. The zero-order valence-corrected chi connectivity index (χ0v) is 15.0. The molecule has 1 saturated heterocycles. The van der Waals surface area contributed by atoms with Crippen molar-refractivity contribution in [3.8, 4) is 0 Å². The van der Waals surface area contributed by atoms with E-state index in [9.17, 15) is 9.59 Å². The van der Waals surface area contributed by atoms with Crippen LogP contribution in [0.25, 0.3) is 0 Å². The number of rotatable bonds is 7. The molecule has 6 heteroatoms. The summed E-state index contributed by atoms with van der Waals surface area (Å²) in [5.74, 6) is 0.305. The first-order valence-corrected chi connectivity index (χ1v) is 8.34. The molecule has 0 aromatic heterocycles. The number of carbonyl (C=O) groups excluding carboxylic acids is 2. The lowest BCUT2D eigenvalue weighted by Crippen LogP contribution is -2.51. The van der Waals surface area contributed by atoms with E-state index in [-0.39, 0.29) is 36.3 Å². The van der Waals surface area contributed by atoms with E-state index in [1.165, 1.54) is 0 Å². The van der Waals surface area contributed by atoms with Gasteiger partial charge in [-0.2, -0.15) is 0 Å². The summed E-state index contributed by atoms with van der Waals surface area (Å²) in [6, 6.07) is 0.191. The second-order valence-electron chi connectivity index (χ2n) is 5.93. The molecule has 0 bridgehead atoms. The fourth-order valence-electron chi connectivity index (χ4n) is 3.08. The van der Waals surface area contributed by atoms with Crippen molar-refractivity contribution in [2.24, 2.45) is 5.73 Å². The summed E-state index contributed by atoms with van der Waals surface area (Å²) < 4.78 is 0. The first kappa shape index (κ1) is 21.2. The van der Waals surface area contributed by atoms with Gasteiger partial charge in [-0.3, -0.25) is 9.59 Å². The molecule has 2 amide bonds. The van der Waals surface area contributed by atoms with Gasteiger partial charge in [0.15, 0.2) is 0 Å². The molecule has 0 saturated carbocycles. The molecule has 2 unspecified atom stereocenters. The van der Waals surface area contributed by atoms with Gasteiger partial charge in [0.1, 0.15) is 0 Å². The summed E-state index contributed by atoms with van der Waals surface area (Å²) in [6.45, 7) is 8.22. The van der Waals surface area contributed by atoms with Crippen LogP contribution in [-0.4, -0.2) is 53.3 Å². The van der Waals surface area contributed by atoms with Gasteiger partial charge < -0.3 is 15.5 Å². The Labute approximate surface area is 141 Å². The molecule has 2 atom stereocenters. The average molecular weight is 334 g/mol. The van der Waals surface area contributed by atoms with Gasteiger partial charge in [-0.15, -0.1) is 12.4 Å². The van der Waals surface area contributed by atoms with E-state index in [2.05, 4.69) is 0 Å². The third kappa shape index (κ3) is 6.13. The van der Waals surface area contributed by atoms with E-state index < -0.39 is 0 Å². The van der Waals surface area contributed by atoms with Crippen LogP contribution in [0.3, 0.4) is 0 Å². The summed E-state index contributed by atoms with van der Waals surface area (Å²) >= 11 is 0. The first-order chi connectivity index (χ1) is 10.0. The molecule has 130 valence electrons. The van der Waals surface area contributed by atoms with E-state index in [4.69, 9.17) is 5.73 Å². The highest BCUT2D eigenvalue weighted by atomic mass is 35.5. The topological polar surface area (TPSA) is 66.6 Å². The summed E-state index contributed by atoms with van der Waals surface area (Å²) in [6.07, 6.45) is 4.77. The number of hydrogen-bond donors (Lipinski definition) is 1. The molecule has 0 aromatic carbocycles. The van der Waals surface area contributed by atoms with Gasteiger partial charge in [0.05, 0.1) is 0 Å². The molecule has 1 aliphatic heterocycles. The molecule has 2 N–H and O–H groups in total. The number of hydrogen-bond acceptors (Lipinski definition) is 3. The highest BCUT2D eigenvalue weighted by molar-refractivity contribution is 5.85. The lowest BCUT2D eigenvalue weighted by molar-refractivity contribution is -0.135. The third-order valence-electron chi connectivity index (χ3n) is 4.37. The van der Waals surface area contributed by atoms with E-state index in [1.807, 2.05) is 30.6 Å². The monoisotopic (exact) mass is 333 g/mol. The summed E-state index contributed by atoms with van der Waals surface area (Å²) in [5, 5.41) is 0. The maximum absolute atomic E-state index is 12.3. The standard InChI is InChI=1S/C16H31N3O2.ClH/c1-4-18(5-2)15(20)10-8-11-16(21)19-12-7-6-9-14(19)13(3)17;/h13-14H,4-12,17H2,1-3H3;1H. The van der Waals surface area contributed by atoms with E-state index in [1.54, 1.807) is 0 Å². The van der Waals surface area contributed by atoms with Gasteiger partial charge in [-0.05, 0) is 46.5 Å². The van der Waals surface area contributed by atoms with Crippen molar-refractivity contribution >= 4 is 24.2 Å². The SMILES string of the molecule is CCN(CC)C(=O)CCCC(=O)N1CCCCC1C(C)N.Cl. The van der Waals surface area contributed by atoms with Crippen LogP contribution >= 0.6 is 12.4 Å². The molecule has 1 fully saturated rings. The van der Waals surface area contributed by atoms with Crippen molar-refractivity contribution in [1.82, 2.24) is 9.80 Å². The molecule has 0 aromatic rings. The number of carbonyl (C=O) groups is 2. The van der Waals surface area contributed by atoms with Crippen LogP contribution in [0, 0.1) is 0 Å². The van der Waals surface area contributed by atoms with Crippen LogP contribution in [0.4, 0.5) is 0 Å². The maximum atomic E-state index is 12.3. The van der Waals surface area contributed by atoms with Crippen molar-refractivity contribution in [1.29, 1.82) is 0 Å². The van der Waals surface area contributed by atoms with Gasteiger partial charge in [-0.1, -0.05) is 0 Å². The van der Waals surface area contributed by atoms with Crippen molar-refractivity contribution in [3.63, 3.8) is 0 Å². The van der Waals surface area contributed by atoms with Crippen LogP contribution in [0.1, 0.15) is 59.3 Å². The normalized spacial score (nSPS) is 19.3. The number of likely N-dealkylation sites (tertiary alicyclic amines) is 1. The molecular formula is C16H32ClN3O2. The van der Waals surface area contributed by atoms with Gasteiger partial charge in [-0.25, -0.2) is 0 Å². The van der Waals surface area contributed by atoms with E-state index in [0.717, 1.165) is 38.9 Å². The predicted octanol–water partition coefficient (Wildman–Crippen LogP) is 2.18. The van der Waals surface area contributed by atoms with E-state index >= 15 is 0 Å². The number of amides is 2. The quantitative estimate of drug-likeness (QED) is 0.776. The fourth-order valence-corrected chi connectivity index (χ4v) is 3.08. The molecule has 0 spiro atoms. The lowest BCUT2D eigenvalue weighted by atomic mass is 9.96. The number of nitrogens with two attached hydrogens (primary N) is 1. The second kappa shape index (κ2) is 10.8. The molecular weight excluding hydrogens is 302 g/mol. The Hall–Kier alpha value is -0.810. The van der Waals surface area contributed by atoms with Crippen molar-refractivity contribution in [2.75, 3.05) is 19.6 Å². The fraction of sp³-hybridized carbons (Fsp3) is 0.875. The molecule has 22 heavy (non-hydrogen) atoms. The maximum Gasteiger partial charge on any atom is 0.222 e. The van der Waals surface area contributed by atoms with Gasteiger partial charge in [0.2, 0.25) is 11.8 Å². The Bertz CT molecular complexity index is 346. The summed E-state index contributed by atoms with van der Waals surface area (Å²) in [7, 11) is 0. The molecule has 0 aliphatic carbocycles. The minimum absolute atomic E-state index is 0. The Kier molecular flexibility index (Phi) is 10.4. The Morgan fingerprint density at radius 2 is 1.86 bits per heavy atom. The van der Waals surface area contributed by atoms with Crippen molar-refractivity contribution < 1.29 is 9.59 Å². The van der Waals surface area contributed by atoms with Crippen LogP contribution in [0.5, 0.6) is 0 Å². The Morgan fingerprint density at radius 1 is 1.23 bits per heavy atom.